The topological polar surface area (TPSA) is 68.5 Å². The minimum atomic E-state index is -0.603. The summed E-state index contributed by atoms with van der Waals surface area (Å²) in [6.45, 7) is 3.72. The van der Waals surface area contributed by atoms with Gasteiger partial charge in [0.15, 0.2) is 0 Å². The summed E-state index contributed by atoms with van der Waals surface area (Å²) in [5.41, 5.74) is 2.38. The van der Waals surface area contributed by atoms with Gasteiger partial charge in [-0.3, -0.25) is 5.32 Å². The Morgan fingerprint density at radius 2 is 1.83 bits per heavy atom. The van der Waals surface area contributed by atoms with Crippen LogP contribution in [0.25, 0.3) is 11.0 Å². The minimum absolute atomic E-state index is 0.303. The molecule has 3 rings (SSSR count). The van der Waals surface area contributed by atoms with Crippen molar-refractivity contribution in [2.45, 2.75) is 13.8 Å². The lowest BCUT2D eigenvalue weighted by molar-refractivity contribution is 0.215. The second-order valence-corrected chi connectivity index (χ2v) is 5.24. The number of anilines is 1. The summed E-state index contributed by atoms with van der Waals surface area (Å²) < 4.78 is 10.4. The number of benzene rings is 2. The van der Waals surface area contributed by atoms with E-state index in [9.17, 15) is 9.59 Å². The molecule has 0 aliphatic carbocycles. The summed E-state index contributed by atoms with van der Waals surface area (Å²) in [5, 5.41) is 3.48. The van der Waals surface area contributed by atoms with Crippen molar-refractivity contribution in [3.05, 3.63) is 70.1 Å². The number of rotatable bonds is 2. The molecule has 0 unspecified atom stereocenters. The fraction of sp³-hybridized carbons (Fsp3) is 0.111. The van der Waals surface area contributed by atoms with Gasteiger partial charge in [-0.1, -0.05) is 18.2 Å². The van der Waals surface area contributed by atoms with Crippen LogP contribution in [0.1, 0.15) is 11.1 Å². The van der Waals surface area contributed by atoms with E-state index < -0.39 is 11.7 Å². The molecule has 3 aromatic rings. The van der Waals surface area contributed by atoms with E-state index in [1.807, 2.05) is 32.0 Å². The maximum atomic E-state index is 12.0. The summed E-state index contributed by atoms with van der Waals surface area (Å²) in [6, 6.07) is 13.8. The molecule has 0 bridgehead atoms. The molecule has 116 valence electrons. The fourth-order valence-electron chi connectivity index (χ4n) is 2.32. The third kappa shape index (κ3) is 3.23. The van der Waals surface area contributed by atoms with Crippen LogP contribution in [0.3, 0.4) is 0 Å². The van der Waals surface area contributed by atoms with Crippen molar-refractivity contribution in [1.82, 2.24) is 0 Å². The molecule has 23 heavy (non-hydrogen) atoms. The van der Waals surface area contributed by atoms with Gasteiger partial charge in [0, 0.05) is 23.2 Å². The molecule has 0 fully saturated rings. The number of para-hydroxylation sites is 1. The van der Waals surface area contributed by atoms with Gasteiger partial charge in [-0.15, -0.1) is 0 Å². The maximum absolute atomic E-state index is 12.0. The molecule has 0 spiro atoms. The molecule has 1 amide bonds. The van der Waals surface area contributed by atoms with Crippen LogP contribution < -0.4 is 15.7 Å². The average Bonchev–Trinajstić information content (AvgIpc) is 2.49. The van der Waals surface area contributed by atoms with Crippen LogP contribution in [-0.4, -0.2) is 6.09 Å². The molecule has 0 atom stereocenters. The molecule has 0 aliphatic rings. The molecule has 0 radical (unpaired) electrons. The number of carbonyl (C=O) groups is 1. The van der Waals surface area contributed by atoms with Crippen molar-refractivity contribution in [3.8, 4) is 5.75 Å². The van der Waals surface area contributed by atoms with Gasteiger partial charge in [-0.05, 0) is 43.2 Å². The summed E-state index contributed by atoms with van der Waals surface area (Å²) in [6.07, 6.45) is -0.603. The Kier molecular flexibility index (Phi) is 3.85. The van der Waals surface area contributed by atoms with Gasteiger partial charge in [0.05, 0.1) is 0 Å². The molecular weight excluding hydrogens is 294 g/mol. The Labute approximate surface area is 132 Å². The maximum Gasteiger partial charge on any atom is 0.417 e. The van der Waals surface area contributed by atoms with Gasteiger partial charge in [0.25, 0.3) is 0 Å². The molecule has 0 saturated heterocycles. The molecule has 5 heteroatoms. The number of fused-ring (bicyclic) bond motifs is 1. The SMILES string of the molecule is Cc1ccccc1NC(=O)Oc1ccc2c(C)cc(=O)oc2c1. The first kappa shape index (κ1) is 14.8. The third-order valence-electron chi connectivity index (χ3n) is 3.52. The number of carbonyl (C=O) groups excluding carboxylic acids is 1. The van der Waals surface area contributed by atoms with Gasteiger partial charge in [-0.25, -0.2) is 9.59 Å². The molecule has 1 aromatic heterocycles. The first-order valence-electron chi connectivity index (χ1n) is 7.12. The van der Waals surface area contributed by atoms with E-state index in [4.69, 9.17) is 9.15 Å². The lowest BCUT2D eigenvalue weighted by atomic mass is 10.1. The second kappa shape index (κ2) is 5.96. The van der Waals surface area contributed by atoms with Crippen molar-refractivity contribution >= 4 is 22.7 Å². The summed E-state index contributed by atoms with van der Waals surface area (Å²) in [7, 11) is 0. The Hall–Kier alpha value is -3.08. The van der Waals surface area contributed by atoms with Crippen molar-refractivity contribution < 1.29 is 13.9 Å². The lowest BCUT2D eigenvalue weighted by Gasteiger charge is -2.09. The van der Waals surface area contributed by atoms with Gasteiger partial charge in [0.2, 0.25) is 0 Å². The molecule has 1 heterocycles. The Bertz CT molecular complexity index is 943. The fourth-order valence-corrected chi connectivity index (χ4v) is 2.32. The highest BCUT2D eigenvalue weighted by atomic mass is 16.6. The van der Waals surface area contributed by atoms with Gasteiger partial charge in [0.1, 0.15) is 11.3 Å². The van der Waals surface area contributed by atoms with E-state index in [-0.39, 0.29) is 0 Å². The third-order valence-corrected chi connectivity index (χ3v) is 3.52. The number of amides is 1. The molecule has 0 aliphatic heterocycles. The zero-order valence-electron chi connectivity index (χ0n) is 12.8. The van der Waals surface area contributed by atoms with Crippen molar-refractivity contribution in [2.24, 2.45) is 0 Å². The van der Waals surface area contributed by atoms with Crippen LogP contribution in [0.5, 0.6) is 5.75 Å². The summed E-state index contributed by atoms with van der Waals surface area (Å²) in [5.74, 6) is 0.303. The zero-order chi connectivity index (χ0) is 16.4. The van der Waals surface area contributed by atoms with E-state index in [2.05, 4.69) is 5.32 Å². The lowest BCUT2D eigenvalue weighted by Crippen LogP contribution is -2.17. The van der Waals surface area contributed by atoms with Crippen molar-refractivity contribution in [2.75, 3.05) is 5.32 Å². The summed E-state index contributed by atoms with van der Waals surface area (Å²) >= 11 is 0. The highest BCUT2D eigenvalue weighted by Gasteiger charge is 2.09. The number of aryl methyl sites for hydroxylation is 2. The average molecular weight is 309 g/mol. The number of hydrogen-bond donors (Lipinski definition) is 1. The first-order chi connectivity index (χ1) is 11.0. The molecule has 1 N–H and O–H groups in total. The van der Waals surface area contributed by atoms with Crippen molar-refractivity contribution in [1.29, 1.82) is 0 Å². The second-order valence-electron chi connectivity index (χ2n) is 5.24. The van der Waals surface area contributed by atoms with E-state index >= 15 is 0 Å². The Morgan fingerprint density at radius 3 is 2.61 bits per heavy atom. The first-order valence-corrected chi connectivity index (χ1v) is 7.12. The highest BCUT2D eigenvalue weighted by Crippen LogP contribution is 2.23. The summed E-state index contributed by atoms with van der Waals surface area (Å²) in [4.78, 5) is 23.4. The minimum Gasteiger partial charge on any atom is -0.423 e. The largest absolute Gasteiger partial charge is 0.423 e. The van der Waals surface area contributed by atoms with Crippen LogP contribution in [0.15, 0.2) is 57.7 Å². The molecule has 0 saturated carbocycles. The van der Waals surface area contributed by atoms with E-state index in [0.29, 0.717) is 17.0 Å². The normalized spacial score (nSPS) is 10.5. The van der Waals surface area contributed by atoms with Gasteiger partial charge in [-0.2, -0.15) is 0 Å². The monoisotopic (exact) mass is 309 g/mol. The molecule has 2 aromatic carbocycles. The Morgan fingerprint density at radius 1 is 1.04 bits per heavy atom. The van der Waals surface area contributed by atoms with Crippen LogP contribution in [0.4, 0.5) is 10.5 Å². The smallest absolute Gasteiger partial charge is 0.417 e. The molecule has 5 nitrogen and oxygen atoms in total. The van der Waals surface area contributed by atoms with Crippen LogP contribution in [0.2, 0.25) is 0 Å². The van der Waals surface area contributed by atoms with Gasteiger partial charge >= 0.3 is 11.7 Å². The van der Waals surface area contributed by atoms with Gasteiger partial charge < -0.3 is 9.15 Å². The van der Waals surface area contributed by atoms with Crippen LogP contribution >= 0.6 is 0 Å². The number of nitrogens with one attached hydrogen (secondary N) is 1. The standard InChI is InChI=1S/C18H15NO4/c1-11-5-3-4-6-15(11)19-18(21)22-13-7-8-14-12(2)9-17(20)23-16(14)10-13/h3-10H,1-2H3,(H,19,21). The quantitative estimate of drug-likeness (QED) is 0.726. The van der Waals surface area contributed by atoms with E-state index in [1.54, 1.807) is 18.2 Å². The highest BCUT2D eigenvalue weighted by molar-refractivity contribution is 5.88. The molecular formula is C18H15NO4. The van der Waals surface area contributed by atoms with E-state index in [1.165, 1.54) is 12.1 Å². The number of hydrogen-bond acceptors (Lipinski definition) is 4. The van der Waals surface area contributed by atoms with Crippen molar-refractivity contribution in [3.63, 3.8) is 0 Å². The van der Waals surface area contributed by atoms with Crippen LogP contribution in [0, 0.1) is 13.8 Å². The zero-order valence-corrected chi connectivity index (χ0v) is 12.8. The number of ether oxygens (including phenoxy) is 1. The van der Waals surface area contributed by atoms with Crippen LogP contribution in [-0.2, 0) is 0 Å². The predicted octanol–water partition coefficient (Wildman–Crippen LogP) is 4.02. The Balaban J connectivity index is 1.83. The predicted molar refractivity (Wildman–Crippen MR) is 88.0 cm³/mol. The van der Waals surface area contributed by atoms with E-state index in [0.717, 1.165) is 16.5 Å².